The minimum Gasteiger partial charge on any atom is -0.200 e. The molecule has 2 atom stereocenters. The predicted molar refractivity (Wildman–Crippen MR) is 199 cm³/mol. The summed E-state index contributed by atoms with van der Waals surface area (Å²) in [6.07, 6.45) is -27.9. The molecular formula is C38H42Br2F34. The summed E-state index contributed by atoms with van der Waals surface area (Å²) >= 11 is 6.07. The highest BCUT2D eigenvalue weighted by molar-refractivity contribution is 9.09. The van der Waals surface area contributed by atoms with Crippen LogP contribution in [0.5, 0.6) is 0 Å². The van der Waals surface area contributed by atoms with Crippen LogP contribution in [0.1, 0.15) is 116 Å². The first-order valence-corrected chi connectivity index (χ1v) is 23.4. The molecule has 0 fully saturated rings. The Hall–Kier alpha value is -1.42. The molecule has 0 radical (unpaired) electrons. The fourth-order valence-corrected chi connectivity index (χ4v) is 7.88. The molecule has 0 aromatic carbocycles. The molecule has 0 aliphatic rings. The fourth-order valence-electron chi connectivity index (χ4n) is 7.09. The Kier molecular flexibility index (Phi) is 24.1. The van der Waals surface area contributed by atoms with Crippen LogP contribution < -0.4 is 0 Å². The van der Waals surface area contributed by atoms with Crippen LogP contribution >= 0.6 is 31.9 Å². The lowest BCUT2D eigenvalue weighted by atomic mass is 9.74. The molecule has 0 saturated heterocycles. The van der Waals surface area contributed by atoms with Crippen molar-refractivity contribution in [2.24, 2.45) is 11.8 Å². The van der Waals surface area contributed by atoms with Crippen molar-refractivity contribution in [1.82, 2.24) is 0 Å². The number of hydrogen-bond donors (Lipinski definition) is 0. The molecule has 0 rings (SSSR count). The summed E-state index contributed by atoms with van der Waals surface area (Å²) < 4.78 is 480. The van der Waals surface area contributed by atoms with Gasteiger partial charge in [0.2, 0.25) is 0 Å². The van der Waals surface area contributed by atoms with Gasteiger partial charge in [0, 0.05) is 23.5 Å². The van der Waals surface area contributed by atoms with Gasteiger partial charge in [0.15, 0.2) is 0 Å². The Bertz CT molecular complexity index is 1580. The first-order valence-electron chi connectivity index (χ1n) is 21.1. The van der Waals surface area contributed by atoms with E-state index < -0.39 is 158 Å². The van der Waals surface area contributed by atoms with Crippen LogP contribution in [0, 0.1) is 11.8 Å². The van der Waals surface area contributed by atoms with Crippen molar-refractivity contribution >= 4 is 31.9 Å². The van der Waals surface area contributed by atoms with E-state index in [1.807, 2.05) is 0 Å². The molecule has 36 heteroatoms. The van der Waals surface area contributed by atoms with Gasteiger partial charge in [-0.05, 0) is 37.5 Å². The van der Waals surface area contributed by atoms with Gasteiger partial charge in [0.25, 0.3) is 0 Å². The molecule has 0 spiro atoms. The highest BCUT2D eigenvalue weighted by Crippen LogP contribution is 2.67. The second-order valence-electron chi connectivity index (χ2n) is 17.1. The molecular weight excluding hydrogens is 1260 g/mol. The standard InChI is InChI=1S/C38H42Br2F34/c39-17-13-9-5-1-3-7-11-15-21(19-23(41,42)25(45,46)27(49,50)29(53,54)31(57,58)33(61,62)35(65,66)37(69,70)71)22(16-12-8-4-2-6-10-14-18-40)20-24(43,44)26(47,48)28(51,52)30(55,56)32(59,60)34(63,64)36(67,68)38(72,73)74/h21-22H,1-20H2. The van der Waals surface area contributed by atoms with E-state index in [9.17, 15) is 114 Å². The summed E-state index contributed by atoms with van der Waals surface area (Å²) in [4.78, 5) is 0. The van der Waals surface area contributed by atoms with Gasteiger partial charge < -0.3 is 0 Å². The number of alkyl halides is 36. The maximum Gasteiger partial charge on any atom is 0.460 e. The van der Waals surface area contributed by atoms with Crippen LogP contribution in [0.2, 0.25) is 0 Å². The van der Waals surface area contributed by atoms with Crippen LogP contribution in [-0.2, 0) is 0 Å². The number of rotatable bonds is 35. The van der Waals surface area contributed by atoms with Gasteiger partial charge in [-0.25, -0.2) is 0 Å². The smallest absolute Gasteiger partial charge is 0.200 e. The highest BCUT2D eigenvalue weighted by atomic mass is 79.9. The number of hydrogen-bond acceptors (Lipinski definition) is 0. The summed E-state index contributed by atoms with van der Waals surface area (Å²) in [7, 11) is 0. The van der Waals surface area contributed by atoms with Crippen molar-refractivity contribution in [2.45, 2.75) is 211 Å². The normalized spacial score (nSPS) is 16.5. The lowest BCUT2D eigenvalue weighted by molar-refractivity contribution is -0.462. The van der Waals surface area contributed by atoms with Crippen molar-refractivity contribution in [3.63, 3.8) is 0 Å². The predicted octanol–water partition coefficient (Wildman–Crippen LogP) is 20.0. The van der Waals surface area contributed by atoms with Gasteiger partial charge in [-0.2, -0.15) is 149 Å². The van der Waals surface area contributed by atoms with Crippen LogP contribution in [0.15, 0.2) is 0 Å². The maximum absolute atomic E-state index is 15.5. The van der Waals surface area contributed by atoms with Gasteiger partial charge >= 0.3 is 95.3 Å². The molecule has 0 amide bonds. The molecule has 0 saturated carbocycles. The van der Waals surface area contributed by atoms with E-state index in [0.29, 0.717) is 36.3 Å². The molecule has 2 unspecified atom stereocenters. The van der Waals surface area contributed by atoms with Crippen molar-refractivity contribution in [3.05, 3.63) is 0 Å². The molecule has 0 N–H and O–H groups in total. The summed E-state index contributed by atoms with van der Waals surface area (Å²) in [5, 5.41) is 0.820. The molecule has 74 heavy (non-hydrogen) atoms. The maximum atomic E-state index is 15.5. The number of halogens is 36. The molecule has 0 nitrogen and oxygen atoms in total. The van der Waals surface area contributed by atoms with E-state index in [1.165, 1.54) is 0 Å². The Balaban J connectivity index is 8.00. The summed E-state index contributed by atoms with van der Waals surface area (Å²) in [6, 6.07) is 0. The van der Waals surface area contributed by atoms with E-state index in [4.69, 9.17) is 0 Å². The van der Waals surface area contributed by atoms with Crippen LogP contribution in [0.4, 0.5) is 149 Å². The Morgan fingerprint density at radius 2 is 0.365 bits per heavy atom. The molecule has 0 aliphatic heterocycles. The highest BCUT2D eigenvalue weighted by Gasteiger charge is 2.97. The topological polar surface area (TPSA) is 0 Å². The molecule has 446 valence electrons. The van der Waals surface area contributed by atoms with Crippen molar-refractivity contribution in [1.29, 1.82) is 0 Å². The van der Waals surface area contributed by atoms with E-state index >= 15 is 35.1 Å². The van der Waals surface area contributed by atoms with Crippen LogP contribution in [0.3, 0.4) is 0 Å². The van der Waals surface area contributed by atoms with Gasteiger partial charge in [-0.1, -0.05) is 109 Å². The van der Waals surface area contributed by atoms with Gasteiger partial charge in [0.05, 0.1) is 0 Å². The minimum absolute atomic E-state index is 0.0880. The molecule has 0 heterocycles. The SMILES string of the molecule is FC(F)(F)C(F)(F)C(F)(F)C(F)(F)C(F)(F)C(F)(F)C(F)(F)C(F)(F)CC(CCCCCCCCCBr)C(CCCCCCCCCBr)CC(F)(F)C(F)(F)C(F)(F)C(F)(F)C(F)(F)C(F)(F)C(F)(F)C(F)(F)F. The summed E-state index contributed by atoms with van der Waals surface area (Å²) in [5.41, 5.74) is 0. The molecule has 0 aliphatic carbocycles. The van der Waals surface area contributed by atoms with Crippen molar-refractivity contribution < 1.29 is 149 Å². The lowest BCUT2D eigenvalue weighted by Crippen LogP contribution is -2.74. The van der Waals surface area contributed by atoms with Gasteiger partial charge in [0.1, 0.15) is 0 Å². The van der Waals surface area contributed by atoms with Crippen molar-refractivity contribution in [2.75, 3.05) is 10.7 Å². The van der Waals surface area contributed by atoms with E-state index in [0.717, 1.165) is 0 Å². The Labute approximate surface area is 414 Å². The first kappa shape index (κ1) is 72.6. The van der Waals surface area contributed by atoms with E-state index in [2.05, 4.69) is 31.9 Å². The fraction of sp³-hybridized carbons (Fsp3) is 1.00. The zero-order valence-corrected chi connectivity index (χ0v) is 40.1. The zero-order chi connectivity index (χ0) is 59.3. The number of unbranched alkanes of at least 4 members (excludes halogenated alkanes) is 12. The molecule has 0 aromatic heterocycles. The second-order valence-corrected chi connectivity index (χ2v) is 18.7. The third kappa shape index (κ3) is 13.6. The van der Waals surface area contributed by atoms with Crippen LogP contribution in [0.25, 0.3) is 0 Å². The second kappa shape index (κ2) is 24.5. The Morgan fingerprint density at radius 1 is 0.203 bits per heavy atom. The third-order valence-electron chi connectivity index (χ3n) is 11.7. The monoisotopic (exact) mass is 1300 g/mol. The summed E-state index contributed by atoms with van der Waals surface area (Å²) in [5.74, 6) is -129. The van der Waals surface area contributed by atoms with E-state index in [-0.39, 0.29) is 38.5 Å². The van der Waals surface area contributed by atoms with E-state index in [1.54, 1.807) is 0 Å². The Morgan fingerprint density at radius 3 is 0.554 bits per heavy atom. The molecule has 0 bridgehead atoms. The van der Waals surface area contributed by atoms with Gasteiger partial charge in [-0.3, -0.25) is 0 Å². The molecule has 0 aromatic rings. The average Bonchev–Trinajstić information content (AvgIpc) is 3.22. The van der Waals surface area contributed by atoms with Gasteiger partial charge in [-0.15, -0.1) is 0 Å². The minimum atomic E-state index is -9.20. The lowest BCUT2D eigenvalue weighted by Gasteiger charge is -2.44. The zero-order valence-electron chi connectivity index (χ0n) is 36.9. The quantitative estimate of drug-likeness (QED) is 0.0337. The van der Waals surface area contributed by atoms with Crippen LogP contribution in [-0.4, -0.2) is 106 Å². The van der Waals surface area contributed by atoms with Crippen molar-refractivity contribution in [3.8, 4) is 0 Å². The first-order chi connectivity index (χ1) is 32.6. The third-order valence-corrected chi connectivity index (χ3v) is 12.8. The largest absolute Gasteiger partial charge is 0.460 e. The average molecular weight is 1300 g/mol. The summed E-state index contributed by atoms with van der Waals surface area (Å²) in [6.45, 7) is 0.